The van der Waals surface area contributed by atoms with Crippen molar-refractivity contribution in [2.24, 2.45) is 5.84 Å². The van der Waals surface area contributed by atoms with E-state index in [0.717, 1.165) is 10.6 Å². The molecule has 0 fully saturated rings. The largest absolute Gasteiger partial charge is 0.496 e. The summed E-state index contributed by atoms with van der Waals surface area (Å²) in [6.07, 6.45) is 0. The summed E-state index contributed by atoms with van der Waals surface area (Å²) in [5.74, 6) is 5.54. The quantitative estimate of drug-likeness (QED) is 0.475. The topological polar surface area (TPSA) is 55.6 Å². The standard InChI is InChI=1S/C10H13ClN2O2/c1-6-4-7(11)5-8(9(6)15-3)10(14)13(2)12/h4-5H,12H2,1-3H3. The van der Waals surface area contributed by atoms with Crippen molar-refractivity contribution < 1.29 is 9.53 Å². The van der Waals surface area contributed by atoms with E-state index >= 15 is 0 Å². The molecule has 0 unspecified atom stereocenters. The minimum atomic E-state index is -0.336. The van der Waals surface area contributed by atoms with Crippen LogP contribution in [0.4, 0.5) is 0 Å². The highest BCUT2D eigenvalue weighted by molar-refractivity contribution is 6.31. The Balaban J connectivity index is 3.32. The predicted molar refractivity (Wildman–Crippen MR) is 59.0 cm³/mol. The Kier molecular flexibility index (Phi) is 3.55. The lowest BCUT2D eigenvalue weighted by Gasteiger charge is -2.15. The number of nitrogens with zero attached hydrogens (tertiary/aromatic N) is 1. The third-order valence-electron chi connectivity index (χ3n) is 1.99. The van der Waals surface area contributed by atoms with Crippen LogP contribution in [0.3, 0.4) is 0 Å². The van der Waals surface area contributed by atoms with E-state index in [1.165, 1.54) is 14.2 Å². The number of hydrogen-bond donors (Lipinski definition) is 1. The van der Waals surface area contributed by atoms with Gasteiger partial charge in [-0.2, -0.15) is 0 Å². The van der Waals surface area contributed by atoms with Gasteiger partial charge in [-0.1, -0.05) is 11.6 Å². The highest BCUT2D eigenvalue weighted by atomic mass is 35.5. The number of amides is 1. The maximum absolute atomic E-state index is 11.7. The van der Waals surface area contributed by atoms with Gasteiger partial charge in [0, 0.05) is 12.1 Å². The number of hydrazine groups is 1. The molecule has 0 heterocycles. The van der Waals surface area contributed by atoms with E-state index in [-0.39, 0.29) is 5.91 Å². The number of carbonyl (C=O) groups is 1. The van der Waals surface area contributed by atoms with Crippen LogP contribution in [-0.2, 0) is 0 Å². The van der Waals surface area contributed by atoms with Gasteiger partial charge < -0.3 is 4.74 Å². The van der Waals surface area contributed by atoms with Gasteiger partial charge in [0.25, 0.3) is 5.91 Å². The average Bonchev–Trinajstić information content (AvgIpc) is 2.15. The first-order chi connectivity index (χ1) is 6.97. The molecule has 15 heavy (non-hydrogen) atoms. The molecule has 0 saturated carbocycles. The number of ether oxygens (including phenoxy) is 1. The molecule has 0 radical (unpaired) electrons. The number of methoxy groups -OCH3 is 1. The fourth-order valence-corrected chi connectivity index (χ4v) is 1.62. The van der Waals surface area contributed by atoms with E-state index in [0.29, 0.717) is 16.3 Å². The lowest BCUT2D eigenvalue weighted by Crippen LogP contribution is -2.33. The molecule has 0 aliphatic rings. The van der Waals surface area contributed by atoms with Crippen LogP contribution in [0.15, 0.2) is 12.1 Å². The molecule has 1 aromatic carbocycles. The zero-order valence-corrected chi connectivity index (χ0v) is 9.63. The van der Waals surface area contributed by atoms with E-state index in [9.17, 15) is 4.79 Å². The molecule has 1 amide bonds. The van der Waals surface area contributed by atoms with Crippen molar-refractivity contribution in [2.45, 2.75) is 6.92 Å². The van der Waals surface area contributed by atoms with E-state index < -0.39 is 0 Å². The monoisotopic (exact) mass is 228 g/mol. The Morgan fingerprint density at radius 2 is 2.13 bits per heavy atom. The first-order valence-electron chi connectivity index (χ1n) is 4.34. The van der Waals surface area contributed by atoms with Crippen LogP contribution in [-0.4, -0.2) is 25.1 Å². The molecule has 2 N–H and O–H groups in total. The third-order valence-corrected chi connectivity index (χ3v) is 2.21. The Hall–Kier alpha value is -1.26. The summed E-state index contributed by atoms with van der Waals surface area (Å²) in [7, 11) is 2.97. The highest BCUT2D eigenvalue weighted by Crippen LogP contribution is 2.27. The summed E-state index contributed by atoms with van der Waals surface area (Å²) in [4.78, 5) is 11.7. The molecule has 0 saturated heterocycles. The molecule has 0 bridgehead atoms. The minimum Gasteiger partial charge on any atom is -0.496 e. The maximum Gasteiger partial charge on any atom is 0.271 e. The van der Waals surface area contributed by atoms with Gasteiger partial charge in [0.1, 0.15) is 5.75 Å². The van der Waals surface area contributed by atoms with Gasteiger partial charge in [-0.3, -0.25) is 9.80 Å². The van der Waals surface area contributed by atoms with Gasteiger partial charge in [0.2, 0.25) is 0 Å². The number of halogens is 1. The second kappa shape index (κ2) is 4.51. The summed E-state index contributed by atoms with van der Waals surface area (Å²) >= 11 is 5.86. The first kappa shape index (κ1) is 11.8. The van der Waals surface area contributed by atoms with Crippen LogP contribution in [0.1, 0.15) is 15.9 Å². The molecule has 0 atom stereocenters. The zero-order valence-electron chi connectivity index (χ0n) is 8.87. The molecule has 0 aliphatic heterocycles. The molecule has 1 rings (SSSR count). The van der Waals surface area contributed by atoms with E-state index in [4.69, 9.17) is 22.2 Å². The summed E-state index contributed by atoms with van der Waals surface area (Å²) in [5, 5.41) is 1.48. The normalized spacial score (nSPS) is 9.93. The van der Waals surface area contributed by atoms with Crippen molar-refractivity contribution in [3.05, 3.63) is 28.3 Å². The molecular weight excluding hydrogens is 216 g/mol. The van der Waals surface area contributed by atoms with Crippen LogP contribution >= 0.6 is 11.6 Å². The summed E-state index contributed by atoms with van der Waals surface area (Å²) in [5.41, 5.74) is 1.17. The number of hydrogen-bond acceptors (Lipinski definition) is 3. The molecule has 0 aliphatic carbocycles. The van der Waals surface area contributed by atoms with Gasteiger partial charge in [-0.15, -0.1) is 0 Å². The zero-order chi connectivity index (χ0) is 11.6. The molecule has 0 aromatic heterocycles. The predicted octanol–water partition coefficient (Wildman–Crippen LogP) is 1.60. The van der Waals surface area contributed by atoms with Crippen molar-refractivity contribution in [1.29, 1.82) is 0 Å². The number of nitrogens with two attached hydrogens (primary N) is 1. The number of carbonyl (C=O) groups excluding carboxylic acids is 1. The molecule has 5 heteroatoms. The van der Waals surface area contributed by atoms with Gasteiger partial charge >= 0.3 is 0 Å². The Morgan fingerprint density at radius 1 is 1.53 bits per heavy atom. The molecule has 4 nitrogen and oxygen atoms in total. The fraction of sp³-hybridized carbons (Fsp3) is 0.300. The molecule has 82 valence electrons. The second-order valence-corrected chi connectivity index (χ2v) is 3.66. The van der Waals surface area contributed by atoms with Gasteiger partial charge in [-0.05, 0) is 24.6 Å². The third kappa shape index (κ3) is 2.40. The van der Waals surface area contributed by atoms with E-state index in [1.54, 1.807) is 12.1 Å². The Labute approximate surface area is 93.5 Å². The van der Waals surface area contributed by atoms with Crippen molar-refractivity contribution in [2.75, 3.05) is 14.2 Å². The summed E-state index contributed by atoms with van der Waals surface area (Å²) < 4.78 is 5.14. The second-order valence-electron chi connectivity index (χ2n) is 3.22. The van der Waals surface area contributed by atoms with Crippen LogP contribution in [0, 0.1) is 6.92 Å². The molecule has 0 spiro atoms. The van der Waals surface area contributed by atoms with Crippen LogP contribution in [0.25, 0.3) is 0 Å². The molecule has 1 aromatic rings. The van der Waals surface area contributed by atoms with Crippen LogP contribution in [0.5, 0.6) is 5.75 Å². The summed E-state index contributed by atoms with van der Waals surface area (Å²) in [6, 6.07) is 3.27. The van der Waals surface area contributed by atoms with Gasteiger partial charge in [-0.25, -0.2) is 5.84 Å². The fourth-order valence-electron chi connectivity index (χ4n) is 1.35. The van der Waals surface area contributed by atoms with Crippen molar-refractivity contribution in [3.8, 4) is 5.75 Å². The lowest BCUT2D eigenvalue weighted by molar-refractivity contribution is 0.0791. The highest BCUT2D eigenvalue weighted by Gasteiger charge is 2.17. The number of aryl methyl sites for hydroxylation is 1. The number of benzene rings is 1. The van der Waals surface area contributed by atoms with Crippen molar-refractivity contribution in [1.82, 2.24) is 5.01 Å². The van der Waals surface area contributed by atoms with Crippen LogP contribution < -0.4 is 10.6 Å². The summed E-state index contributed by atoms with van der Waals surface area (Å²) in [6.45, 7) is 1.82. The average molecular weight is 229 g/mol. The lowest BCUT2D eigenvalue weighted by atomic mass is 10.1. The van der Waals surface area contributed by atoms with Gasteiger partial charge in [0.15, 0.2) is 0 Å². The number of rotatable bonds is 2. The molecular formula is C10H13ClN2O2. The Bertz CT molecular complexity index is 391. The van der Waals surface area contributed by atoms with E-state index in [1.807, 2.05) is 6.92 Å². The van der Waals surface area contributed by atoms with E-state index in [2.05, 4.69) is 0 Å². The Morgan fingerprint density at radius 3 is 2.60 bits per heavy atom. The SMILES string of the molecule is COc1c(C)cc(Cl)cc1C(=O)N(C)N. The van der Waals surface area contributed by atoms with Crippen molar-refractivity contribution in [3.63, 3.8) is 0 Å². The van der Waals surface area contributed by atoms with Gasteiger partial charge in [0.05, 0.1) is 12.7 Å². The minimum absolute atomic E-state index is 0.336. The first-order valence-corrected chi connectivity index (χ1v) is 4.72. The maximum atomic E-state index is 11.7. The van der Waals surface area contributed by atoms with Crippen molar-refractivity contribution >= 4 is 17.5 Å². The van der Waals surface area contributed by atoms with Crippen LogP contribution in [0.2, 0.25) is 5.02 Å². The smallest absolute Gasteiger partial charge is 0.271 e.